The van der Waals surface area contributed by atoms with Crippen molar-refractivity contribution in [2.45, 2.75) is 25.9 Å². The molecule has 1 unspecified atom stereocenters. The van der Waals surface area contributed by atoms with Crippen LogP contribution in [0.4, 0.5) is 0 Å². The number of hydrogen-bond acceptors (Lipinski definition) is 3. The Hall–Kier alpha value is -0.440. The van der Waals surface area contributed by atoms with Crippen molar-refractivity contribution < 1.29 is 9.84 Å². The lowest BCUT2D eigenvalue weighted by molar-refractivity contribution is 0.114. The van der Waals surface area contributed by atoms with E-state index in [0.717, 1.165) is 25.0 Å². The Labute approximate surface area is 170 Å². The fourth-order valence-electron chi connectivity index (χ4n) is 1.94. The number of ether oxygens (including phenoxy) is 1. The zero-order valence-electron chi connectivity index (χ0n) is 13.6. The average molecular weight is 488 g/mol. The largest absolute Gasteiger partial charge is 0.489 e. The van der Waals surface area contributed by atoms with Crippen LogP contribution in [-0.2, 0) is 0 Å². The molecule has 1 saturated carbocycles. The molecular weight excluding hydrogens is 464 g/mol. The molecule has 24 heavy (non-hydrogen) atoms. The van der Waals surface area contributed by atoms with Gasteiger partial charge in [-0.3, -0.25) is 4.99 Å². The van der Waals surface area contributed by atoms with Gasteiger partial charge < -0.3 is 20.5 Å². The molecule has 0 spiro atoms. The van der Waals surface area contributed by atoms with Gasteiger partial charge in [-0.1, -0.05) is 29.3 Å². The number of nitrogens with one attached hydrogen (secondary N) is 2. The quantitative estimate of drug-likeness (QED) is 0.299. The second-order valence-corrected chi connectivity index (χ2v) is 6.35. The number of aliphatic imine (C=N–C) groups is 1. The molecule has 8 heteroatoms. The van der Waals surface area contributed by atoms with E-state index >= 15 is 0 Å². The van der Waals surface area contributed by atoms with Crippen molar-refractivity contribution in [1.29, 1.82) is 0 Å². The Balaban J connectivity index is 0.00000288. The third-order valence-corrected chi connectivity index (χ3v) is 4.21. The molecule has 0 bridgehead atoms. The maximum atomic E-state index is 10.0. The van der Waals surface area contributed by atoms with Crippen molar-refractivity contribution in [2.24, 2.45) is 10.9 Å². The number of nitrogens with zero attached hydrogens (tertiary/aromatic N) is 1. The van der Waals surface area contributed by atoms with Gasteiger partial charge in [-0.2, -0.15) is 0 Å². The number of halogens is 3. The van der Waals surface area contributed by atoms with Crippen LogP contribution in [0.2, 0.25) is 10.0 Å². The molecule has 0 radical (unpaired) electrons. The highest BCUT2D eigenvalue weighted by molar-refractivity contribution is 14.0. The molecule has 1 fully saturated rings. The molecule has 2 rings (SSSR count). The van der Waals surface area contributed by atoms with E-state index in [1.165, 1.54) is 12.8 Å². The van der Waals surface area contributed by atoms with Crippen LogP contribution >= 0.6 is 47.2 Å². The number of hydrogen-bond donors (Lipinski definition) is 3. The van der Waals surface area contributed by atoms with E-state index in [2.05, 4.69) is 15.6 Å². The number of benzene rings is 1. The van der Waals surface area contributed by atoms with Gasteiger partial charge >= 0.3 is 0 Å². The van der Waals surface area contributed by atoms with E-state index in [0.29, 0.717) is 15.8 Å². The fourth-order valence-corrected chi connectivity index (χ4v) is 2.28. The molecule has 0 heterocycles. The molecule has 1 aliphatic rings. The lowest BCUT2D eigenvalue weighted by atomic mass is 10.3. The first-order valence-electron chi connectivity index (χ1n) is 7.87. The summed E-state index contributed by atoms with van der Waals surface area (Å²) >= 11 is 12.0. The van der Waals surface area contributed by atoms with Crippen molar-refractivity contribution in [2.75, 3.05) is 26.2 Å². The van der Waals surface area contributed by atoms with E-state index in [-0.39, 0.29) is 37.1 Å². The smallest absolute Gasteiger partial charge is 0.191 e. The standard InChI is InChI=1S/C16H23Cl2N3O2.HI/c1-2-19-16(20-8-11-6-7-11)21-9-12(22)10-23-14-5-3-4-13(17)15(14)18;/h3-5,11-12,22H,2,6-10H2,1H3,(H2,19,20,21);1H. The van der Waals surface area contributed by atoms with Gasteiger partial charge in [0.1, 0.15) is 23.5 Å². The Morgan fingerprint density at radius 1 is 1.38 bits per heavy atom. The van der Waals surface area contributed by atoms with E-state index in [9.17, 15) is 5.11 Å². The third kappa shape index (κ3) is 7.63. The first-order chi connectivity index (χ1) is 11.1. The Morgan fingerprint density at radius 3 is 2.79 bits per heavy atom. The van der Waals surface area contributed by atoms with Crippen LogP contribution in [0.1, 0.15) is 19.8 Å². The molecule has 1 atom stereocenters. The molecule has 1 aromatic rings. The molecule has 0 aromatic heterocycles. The number of rotatable bonds is 8. The van der Waals surface area contributed by atoms with E-state index in [1.54, 1.807) is 18.2 Å². The minimum Gasteiger partial charge on any atom is -0.489 e. The van der Waals surface area contributed by atoms with Crippen LogP contribution in [0, 0.1) is 5.92 Å². The number of guanidine groups is 1. The van der Waals surface area contributed by atoms with Gasteiger partial charge in [-0.15, -0.1) is 24.0 Å². The van der Waals surface area contributed by atoms with Crippen LogP contribution in [0.3, 0.4) is 0 Å². The predicted octanol–water partition coefficient (Wildman–Crippen LogP) is 3.32. The van der Waals surface area contributed by atoms with Gasteiger partial charge in [0.05, 0.1) is 11.6 Å². The third-order valence-electron chi connectivity index (χ3n) is 3.41. The normalized spacial score (nSPS) is 15.4. The molecule has 0 amide bonds. The minimum atomic E-state index is -0.721. The summed E-state index contributed by atoms with van der Waals surface area (Å²) in [5, 5.41) is 17.2. The molecule has 136 valence electrons. The van der Waals surface area contributed by atoms with E-state index in [1.807, 2.05) is 6.92 Å². The summed E-state index contributed by atoms with van der Waals surface area (Å²) in [6, 6.07) is 5.15. The van der Waals surface area contributed by atoms with Crippen molar-refractivity contribution in [3.8, 4) is 5.75 Å². The monoisotopic (exact) mass is 487 g/mol. The summed E-state index contributed by atoms with van der Waals surface area (Å²) in [4.78, 5) is 4.37. The summed E-state index contributed by atoms with van der Waals surface area (Å²) in [7, 11) is 0. The number of aliphatic hydroxyl groups is 1. The summed E-state index contributed by atoms with van der Waals surface area (Å²) in [5.74, 6) is 1.94. The van der Waals surface area contributed by atoms with Crippen LogP contribution in [-0.4, -0.2) is 43.4 Å². The SMILES string of the molecule is CCNC(=NCC(O)COc1cccc(Cl)c1Cl)NCC1CC1.I. The fraction of sp³-hybridized carbons (Fsp3) is 0.562. The molecule has 0 aliphatic heterocycles. The highest BCUT2D eigenvalue weighted by Crippen LogP contribution is 2.31. The lowest BCUT2D eigenvalue weighted by Gasteiger charge is -2.14. The lowest BCUT2D eigenvalue weighted by Crippen LogP contribution is -2.39. The van der Waals surface area contributed by atoms with Gasteiger partial charge in [0, 0.05) is 13.1 Å². The number of aliphatic hydroxyl groups excluding tert-OH is 1. The molecule has 1 aromatic carbocycles. The van der Waals surface area contributed by atoms with Crippen molar-refractivity contribution in [3.05, 3.63) is 28.2 Å². The Bertz CT molecular complexity index is 542. The predicted molar refractivity (Wildman–Crippen MR) is 110 cm³/mol. The van der Waals surface area contributed by atoms with Crippen molar-refractivity contribution in [3.63, 3.8) is 0 Å². The van der Waals surface area contributed by atoms with Crippen LogP contribution in [0.5, 0.6) is 5.75 Å². The summed E-state index contributed by atoms with van der Waals surface area (Å²) in [5.41, 5.74) is 0. The Kier molecular flexibility index (Phi) is 10.1. The van der Waals surface area contributed by atoms with Gasteiger partial charge in [-0.25, -0.2) is 0 Å². The van der Waals surface area contributed by atoms with Gasteiger partial charge in [0.15, 0.2) is 5.96 Å². The van der Waals surface area contributed by atoms with Gasteiger partial charge in [0.2, 0.25) is 0 Å². The second kappa shape index (κ2) is 11.2. The zero-order valence-corrected chi connectivity index (χ0v) is 17.4. The van der Waals surface area contributed by atoms with Gasteiger partial charge in [0.25, 0.3) is 0 Å². The maximum Gasteiger partial charge on any atom is 0.191 e. The average Bonchev–Trinajstić information content (AvgIpc) is 3.36. The molecule has 0 saturated heterocycles. The van der Waals surface area contributed by atoms with Crippen LogP contribution < -0.4 is 15.4 Å². The second-order valence-electron chi connectivity index (χ2n) is 5.56. The van der Waals surface area contributed by atoms with Crippen LogP contribution in [0.25, 0.3) is 0 Å². The Morgan fingerprint density at radius 2 is 2.12 bits per heavy atom. The summed E-state index contributed by atoms with van der Waals surface area (Å²) in [6.07, 6.45) is 1.84. The first kappa shape index (κ1) is 21.6. The topological polar surface area (TPSA) is 65.9 Å². The molecular formula is C16H24Cl2IN3O2. The zero-order chi connectivity index (χ0) is 16.7. The molecule has 5 nitrogen and oxygen atoms in total. The van der Waals surface area contributed by atoms with E-state index in [4.69, 9.17) is 27.9 Å². The van der Waals surface area contributed by atoms with Crippen molar-refractivity contribution >= 4 is 53.1 Å². The maximum absolute atomic E-state index is 10.0. The summed E-state index contributed by atoms with van der Waals surface area (Å²) in [6.45, 7) is 4.07. The van der Waals surface area contributed by atoms with E-state index < -0.39 is 6.10 Å². The highest BCUT2D eigenvalue weighted by atomic mass is 127. The van der Waals surface area contributed by atoms with Crippen LogP contribution in [0.15, 0.2) is 23.2 Å². The highest BCUT2D eigenvalue weighted by Gasteiger charge is 2.21. The van der Waals surface area contributed by atoms with Crippen molar-refractivity contribution in [1.82, 2.24) is 10.6 Å². The molecule has 1 aliphatic carbocycles. The summed E-state index contributed by atoms with van der Waals surface area (Å²) < 4.78 is 5.50. The molecule has 3 N–H and O–H groups in total. The first-order valence-corrected chi connectivity index (χ1v) is 8.62. The minimum absolute atomic E-state index is 0. The van der Waals surface area contributed by atoms with Gasteiger partial charge in [-0.05, 0) is 37.8 Å².